The number of rotatable bonds is 4. The van der Waals surface area contributed by atoms with Crippen molar-refractivity contribution in [2.45, 2.75) is 23.1 Å². The fourth-order valence-electron chi connectivity index (χ4n) is 2.38. The fourth-order valence-corrected chi connectivity index (χ4v) is 4.48. The summed E-state index contributed by atoms with van der Waals surface area (Å²) in [6.45, 7) is 1.78. The van der Waals surface area contributed by atoms with E-state index in [0.717, 1.165) is 29.2 Å². The van der Waals surface area contributed by atoms with Crippen molar-refractivity contribution in [3.8, 4) is 5.75 Å². The lowest BCUT2D eigenvalue weighted by molar-refractivity contribution is -0.274. The third kappa shape index (κ3) is 4.90. The molecule has 0 bridgehead atoms. The van der Waals surface area contributed by atoms with Gasteiger partial charge >= 0.3 is 6.36 Å². The summed E-state index contributed by atoms with van der Waals surface area (Å²) in [5, 5.41) is 2.70. The number of hydrogen-bond acceptors (Lipinski definition) is 5. The van der Waals surface area contributed by atoms with Gasteiger partial charge in [0.1, 0.15) is 5.75 Å². The molecule has 0 aromatic heterocycles. The highest BCUT2D eigenvalue weighted by Crippen LogP contribution is 2.34. The van der Waals surface area contributed by atoms with Gasteiger partial charge in [-0.1, -0.05) is 6.92 Å². The molecule has 6 nitrogen and oxygen atoms in total. The number of benzene rings is 2. The van der Waals surface area contributed by atoms with Crippen molar-refractivity contribution >= 4 is 39.1 Å². The maximum Gasteiger partial charge on any atom is 0.573 e. The Kier molecular flexibility index (Phi) is 5.48. The zero-order chi connectivity index (χ0) is 20.5. The third-order valence-corrected chi connectivity index (χ3v) is 6.51. The van der Waals surface area contributed by atoms with E-state index in [1.165, 1.54) is 23.9 Å². The zero-order valence-corrected chi connectivity index (χ0v) is 16.0. The number of amides is 1. The highest BCUT2D eigenvalue weighted by molar-refractivity contribution is 7.99. The first-order valence-corrected chi connectivity index (χ1v) is 10.5. The Morgan fingerprint density at radius 1 is 1.18 bits per heavy atom. The van der Waals surface area contributed by atoms with Crippen LogP contribution in [0, 0.1) is 5.92 Å². The lowest BCUT2D eigenvalue weighted by Crippen LogP contribution is -2.20. The smallest absolute Gasteiger partial charge is 0.406 e. The van der Waals surface area contributed by atoms with E-state index in [4.69, 9.17) is 0 Å². The molecule has 0 unspecified atom stereocenters. The molecule has 1 aliphatic heterocycles. The topological polar surface area (TPSA) is 84.5 Å². The average molecular weight is 432 g/mol. The van der Waals surface area contributed by atoms with Crippen LogP contribution in [0.25, 0.3) is 0 Å². The first-order chi connectivity index (χ1) is 13.0. The molecule has 0 spiro atoms. The van der Waals surface area contributed by atoms with E-state index in [-0.39, 0.29) is 22.4 Å². The number of ether oxygens (including phenoxy) is 1. The molecule has 2 N–H and O–H groups in total. The Hall–Kier alpha value is -2.40. The molecule has 1 amide bonds. The number of carbonyl (C=O) groups is 1. The first-order valence-electron chi connectivity index (χ1n) is 8.00. The Balaban J connectivity index is 1.80. The number of hydrogen-bond donors (Lipinski definition) is 2. The molecule has 2 aromatic carbocycles. The van der Waals surface area contributed by atoms with E-state index in [1.807, 2.05) is 0 Å². The number of fused-ring (bicyclic) bond motifs is 1. The maximum atomic E-state index is 12.6. The Labute approximate surface area is 163 Å². The number of carbonyl (C=O) groups excluding carboxylic acids is 1. The van der Waals surface area contributed by atoms with Crippen molar-refractivity contribution in [2.75, 3.05) is 15.8 Å². The van der Waals surface area contributed by atoms with E-state index in [0.29, 0.717) is 11.4 Å². The summed E-state index contributed by atoms with van der Waals surface area (Å²) in [6, 6.07) is 8.66. The summed E-state index contributed by atoms with van der Waals surface area (Å²) in [4.78, 5) is 12.6. The van der Waals surface area contributed by atoms with Crippen molar-refractivity contribution in [2.24, 2.45) is 5.92 Å². The van der Waals surface area contributed by atoms with Gasteiger partial charge in [-0.25, -0.2) is 8.42 Å². The van der Waals surface area contributed by atoms with Gasteiger partial charge in [0.15, 0.2) is 0 Å². The largest absolute Gasteiger partial charge is 0.573 e. The minimum atomic E-state index is -4.83. The quantitative estimate of drug-likeness (QED) is 0.761. The van der Waals surface area contributed by atoms with Crippen LogP contribution in [0.15, 0.2) is 52.3 Å². The van der Waals surface area contributed by atoms with Crippen molar-refractivity contribution in [3.05, 3.63) is 42.5 Å². The van der Waals surface area contributed by atoms with Crippen LogP contribution in [0.2, 0.25) is 0 Å². The van der Waals surface area contributed by atoms with Crippen molar-refractivity contribution in [3.63, 3.8) is 0 Å². The molecule has 0 radical (unpaired) electrons. The molecule has 1 aliphatic rings. The molecule has 1 atom stereocenters. The van der Waals surface area contributed by atoms with Gasteiger partial charge in [0.2, 0.25) is 5.91 Å². The van der Waals surface area contributed by atoms with Gasteiger partial charge in [-0.05, 0) is 42.5 Å². The van der Waals surface area contributed by atoms with Crippen LogP contribution >= 0.6 is 11.8 Å². The summed E-state index contributed by atoms with van der Waals surface area (Å²) in [5.74, 6) is -0.299. The molecule has 11 heteroatoms. The number of nitrogens with one attached hydrogen (secondary N) is 2. The minimum Gasteiger partial charge on any atom is -0.406 e. The Morgan fingerprint density at radius 2 is 1.86 bits per heavy atom. The molecule has 150 valence electrons. The standard InChI is InChI=1S/C17H15F3N2O4S2/c1-10-9-27-15-7-6-13(8-14(15)21-16(10)23)28(24,25)22-11-2-4-12(5-3-11)26-17(18,19)20/h2-8,10,22H,9H2,1H3,(H,21,23)/t10-/m0/s1. The first kappa shape index (κ1) is 20.3. The number of alkyl halides is 3. The second-order valence-corrected chi connectivity index (χ2v) is 8.78. The molecular formula is C17H15F3N2O4S2. The summed E-state index contributed by atoms with van der Waals surface area (Å²) in [6.07, 6.45) is -4.83. The number of halogens is 3. The predicted molar refractivity (Wildman–Crippen MR) is 98.9 cm³/mol. The van der Waals surface area contributed by atoms with Crippen molar-refractivity contribution < 1.29 is 31.1 Å². The molecule has 0 fully saturated rings. The average Bonchev–Trinajstić information content (AvgIpc) is 2.73. The third-order valence-electron chi connectivity index (χ3n) is 3.80. The molecular weight excluding hydrogens is 417 g/mol. The van der Waals surface area contributed by atoms with Crippen LogP contribution in [-0.2, 0) is 14.8 Å². The summed E-state index contributed by atoms with van der Waals surface area (Å²) in [5.41, 5.74) is 0.465. The molecule has 0 aliphatic carbocycles. The highest BCUT2D eigenvalue weighted by atomic mass is 32.2. The molecule has 3 rings (SSSR count). The van der Waals surface area contributed by atoms with Gasteiger partial charge in [0.25, 0.3) is 10.0 Å². The number of anilines is 2. The van der Waals surface area contributed by atoms with Crippen LogP contribution < -0.4 is 14.8 Å². The SMILES string of the molecule is C[C@H]1CSc2ccc(S(=O)(=O)Nc3ccc(OC(F)(F)F)cc3)cc2NC1=O. The van der Waals surface area contributed by atoms with Crippen molar-refractivity contribution in [1.82, 2.24) is 0 Å². The van der Waals surface area contributed by atoms with Gasteiger partial charge in [0.05, 0.1) is 10.6 Å². The second-order valence-electron chi connectivity index (χ2n) is 6.04. The van der Waals surface area contributed by atoms with E-state index in [1.54, 1.807) is 13.0 Å². The van der Waals surface area contributed by atoms with E-state index < -0.39 is 22.1 Å². The van der Waals surface area contributed by atoms with E-state index in [9.17, 15) is 26.4 Å². The van der Waals surface area contributed by atoms with E-state index >= 15 is 0 Å². The lowest BCUT2D eigenvalue weighted by atomic mass is 10.2. The van der Waals surface area contributed by atoms with Gasteiger partial charge in [-0.15, -0.1) is 24.9 Å². The number of sulfonamides is 1. The summed E-state index contributed by atoms with van der Waals surface area (Å²) < 4.78 is 67.8. The van der Waals surface area contributed by atoms with Crippen LogP contribution in [0.3, 0.4) is 0 Å². The second kappa shape index (κ2) is 7.55. The highest BCUT2D eigenvalue weighted by Gasteiger charge is 2.31. The predicted octanol–water partition coefficient (Wildman–Crippen LogP) is 4.07. The van der Waals surface area contributed by atoms with Gasteiger partial charge < -0.3 is 10.1 Å². The lowest BCUT2D eigenvalue weighted by Gasteiger charge is -2.12. The van der Waals surface area contributed by atoms with Crippen molar-refractivity contribution in [1.29, 1.82) is 0 Å². The maximum absolute atomic E-state index is 12.6. The molecule has 2 aromatic rings. The van der Waals surface area contributed by atoms with Crippen LogP contribution in [0.5, 0.6) is 5.75 Å². The van der Waals surface area contributed by atoms with Gasteiger partial charge in [-0.3, -0.25) is 9.52 Å². The van der Waals surface area contributed by atoms with Crippen LogP contribution in [0.1, 0.15) is 6.92 Å². The Morgan fingerprint density at radius 3 is 2.50 bits per heavy atom. The van der Waals surface area contributed by atoms with Crippen LogP contribution in [-0.4, -0.2) is 26.4 Å². The fraction of sp³-hybridized carbons (Fsp3) is 0.235. The Bertz CT molecular complexity index is 992. The van der Waals surface area contributed by atoms with Crippen LogP contribution in [0.4, 0.5) is 24.5 Å². The monoisotopic (exact) mass is 432 g/mol. The van der Waals surface area contributed by atoms with Gasteiger partial charge in [0, 0.05) is 22.3 Å². The molecule has 1 heterocycles. The number of thioether (sulfide) groups is 1. The summed E-state index contributed by atoms with van der Waals surface area (Å²) >= 11 is 1.45. The molecule has 0 saturated carbocycles. The zero-order valence-electron chi connectivity index (χ0n) is 14.4. The molecule has 28 heavy (non-hydrogen) atoms. The molecule has 0 saturated heterocycles. The van der Waals surface area contributed by atoms with E-state index in [2.05, 4.69) is 14.8 Å². The normalized spacial score (nSPS) is 17.3. The van der Waals surface area contributed by atoms with Gasteiger partial charge in [-0.2, -0.15) is 0 Å². The summed E-state index contributed by atoms with van der Waals surface area (Å²) in [7, 11) is -4.01. The minimum absolute atomic E-state index is 0.0662.